The molecule has 0 unspecified atom stereocenters. The van der Waals surface area contributed by atoms with Crippen LogP contribution >= 0.6 is 0 Å². The minimum atomic E-state index is -0.235. The molecule has 0 atom stereocenters. The van der Waals surface area contributed by atoms with Crippen LogP contribution in [0, 0.1) is 17.9 Å². The van der Waals surface area contributed by atoms with Gasteiger partial charge in [-0.25, -0.2) is 19.8 Å². The van der Waals surface area contributed by atoms with Crippen molar-refractivity contribution in [2.75, 3.05) is 0 Å². The van der Waals surface area contributed by atoms with Gasteiger partial charge in [0.2, 0.25) is 0 Å². The Kier molecular flexibility index (Phi) is 9.65. The standard InChI is InChI=1S/C71H47N7/c1-70(2)54-26-14-9-21-46(54)49-33-37-61-63(65(49)70)51-24-12-17-29-58(51)77(61)57-35-31-43(39-45(57)41-72)68-74-67(42-19-7-6-8-20-42)75-69(76-68)44-32-36-60(53(40-44)48-23-11-16-28-56(48)73-5)78-59-30-18-13-25-52(59)64-62(78)38-34-50-47-22-10-15-27-55(47)71(3,4)66(50)64/h6-40H,1-4H3. The molecule has 0 bridgehead atoms. The van der Waals surface area contributed by atoms with Gasteiger partial charge in [0, 0.05) is 49.1 Å². The zero-order valence-electron chi connectivity index (χ0n) is 43.3. The Morgan fingerprint density at radius 3 is 1.44 bits per heavy atom. The molecule has 10 aromatic carbocycles. The van der Waals surface area contributed by atoms with Crippen molar-refractivity contribution >= 4 is 49.3 Å². The zero-order valence-corrected chi connectivity index (χ0v) is 43.3. The summed E-state index contributed by atoms with van der Waals surface area (Å²) in [6.45, 7) is 17.7. The van der Waals surface area contributed by atoms with Crippen molar-refractivity contribution in [3.8, 4) is 85.0 Å². The summed E-state index contributed by atoms with van der Waals surface area (Å²) >= 11 is 0. The van der Waals surface area contributed by atoms with E-state index >= 15 is 0 Å². The molecule has 13 aromatic rings. The highest BCUT2D eigenvalue weighted by molar-refractivity contribution is 6.16. The summed E-state index contributed by atoms with van der Waals surface area (Å²) in [5.41, 5.74) is 20.8. The third-order valence-corrected chi connectivity index (χ3v) is 16.8. The van der Waals surface area contributed by atoms with E-state index in [0.717, 1.165) is 61.1 Å². The molecule has 366 valence electrons. The van der Waals surface area contributed by atoms with Crippen molar-refractivity contribution in [3.63, 3.8) is 0 Å². The van der Waals surface area contributed by atoms with E-state index in [1.807, 2.05) is 72.8 Å². The second kappa shape index (κ2) is 16.6. The topological polar surface area (TPSA) is 76.7 Å². The summed E-state index contributed by atoms with van der Waals surface area (Å²) in [5, 5.41) is 15.9. The molecule has 2 aliphatic rings. The molecular formula is C71H47N7. The summed E-state index contributed by atoms with van der Waals surface area (Å²) in [4.78, 5) is 19.7. The molecular weight excluding hydrogens is 951 g/mol. The number of hydrogen-bond acceptors (Lipinski definition) is 4. The fourth-order valence-electron chi connectivity index (χ4n) is 13.4. The molecule has 0 fully saturated rings. The maximum absolute atomic E-state index is 11.1. The van der Waals surface area contributed by atoms with Gasteiger partial charge in [0.1, 0.15) is 6.07 Å². The van der Waals surface area contributed by atoms with Crippen LogP contribution < -0.4 is 0 Å². The highest BCUT2D eigenvalue weighted by Crippen LogP contribution is 2.55. The largest absolute Gasteiger partial charge is 0.309 e. The Morgan fingerprint density at radius 2 is 0.872 bits per heavy atom. The van der Waals surface area contributed by atoms with Crippen LogP contribution in [0.4, 0.5) is 5.69 Å². The van der Waals surface area contributed by atoms with Gasteiger partial charge in [-0.3, -0.25) is 0 Å². The van der Waals surface area contributed by atoms with Crippen LogP contribution in [0.5, 0.6) is 0 Å². The number of rotatable bonds is 6. The molecule has 0 saturated heterocycles. The highest BCUT2D eigenvalue weighted by atomic mass is 15.0. The first kappa shape index (κ1) is 45.2. The molecule has 3 aromatic heterocycles. The second-order valence-electron chi connectivity index (χ2n) is 21.7. The monoisotopic (exact) mass is 997 g/mol. The maximum atomic E-state index is 11.1. The Hall–Kier alpha value is -10.2. The second-order valence-corrected chi connectivity index (χ2v) is 21.7. The first-order chi connectivity index (χ1) is 38.1. The van der Waals surface area contributed by atoms with E-state index in [9.17, 15) is 5.26 Å². The van der Waals surface area contributed by atoms with Gasteiger partial charge in [0.25, 0.3) is 0 Å². The van der Waals surface area contributed by atoms with Crippen molar-refractivity contribution in [1.82, 2.24) is 24.1 Å². The predicted octanol–water partition coefficient (Wildman–Crippen LogP) is 17.8. The van der Waals surface area contributed by atoms with E-state index in [1.165, 1.54) is 60.7 Å². The fourth-order valence-corrected chi connectivity index (χ4v) is 13.4. The lowest BCUT2D eigenvalue weighted by molar-refractivity contribution is 0.666. The fraction of sp³-hybridized carbons (Fsp3) is 0.0845. The summed E-state index contributed by atoms with van der Waals surface area (Å²) in [7, 11) is 0. The van der Waals surface area contributed by atoms with Gasteiger partial charge < -0.3 is 9.13 Å². The van der Waals surface area contributed by atoms with Crippen molar-refractivity contribution in [1.29, 1.82) is 5.26 Å². The average molecular weight is 998 g/mol. The third-order valence-electron chi connectivity index (χ3n) is 16.8. The highest BCUT2D eigenvalue weighted by Gasteiger charge is 2.40. The number of benzene rings is 10. The minimum absolute atomic E-state index is 0.229. The molecule has 0 aliphatic heterocycles. The molecule has 7 heteroatoms. The molecule has 78 heavy (non-hydrogen) atoms. The van der Waals surface area contributed by atoms with Crippen molar-refractivity contribution in [2.24, 2.45) is 0 Å². The molecule has 3 heterocycles. The van der Waals surface area contributed by atoms with Crippen LogP contribution in [0.15, 0.2) is 212 Å². The SMILES string of the molecule is [C-]#[N+]c1ccccc1-c1cc(-c2nc(-c3ccccc3)nc(-c3ccc(-n4c5ccccc5c5c6c(ccc54)-c4ccccc4C6(C)C)c(C#N)c3)n2)ccc1-n1c2ccccc2c2c3c(ccc21)-c1ccccc1C3(C)C. The lowest BCUT2D eigenvalue weighted by Gasteiger charge is -2.23. The Morgan fingerprint density at radius 1 is 0.410 bits per heavy atom. The number of nitrogens with zero attached hydrogens (tertiary/aromatic N) is 7. The molecule has 0 N–H and O–H groups in total. The van der Waals surface area contributed by atoms with E-state index in [0.29, 0.717) is 34.3 Å². The molecule has 15 rings (SSSR count). The van der Waals surface area contributed by atoms with Gasteiger partial charge in [-0.2, -0.15) is 5.26 Å². The molecule has 2 aliphatic carbocycles. The quantitative estimate of drug-likeness (QED) is 0.156. The minimum Gasteiger partial charge on any atom is -0.309 e. The first-order valence-electron chi connectivity index (χ1n) is 26.4. The Bertz CT molecular complexity index is 4820. The average Bonchev–Trinajstić information content (AvgIpc) is 4.30. The van der Waals surface area contributed by atoms with Gasteiger partial charge in [0.15, 0.2) is 23.2 Å². The molecule has 7 nitrogen and oxygen atoms in total. The molecule has 0 amide bonds. The maximum Gasteiger partial charge on any atom is 0.194 e. The Balaban J connectivity index is 0.919. The van der Waals surface area contributed by atoms with E-state index in [2.05, 4.69) is 187 Å². The van der Waals surface area contributed by atoms with Gasteiger partial charge in [-0.05, 0) is 116 Å². The predicted molar refractivity (Wildman–Crippen MR) is 316 cm³/mol. The number of aromatic nitrogens is 5. The summed E-state index contributed by atoms with van der Waals surface area (Å²) in [6.07, 6.45) is 0. The normalized spacial score (nSPS) is 13.6. The number of hydrogen-bond donors (Lipinski definition) is 0. The Labute approximate surface area is 451 Å². The first-order valence-corrected chi connectivity index (χ1v) is 26.4. The van der Waals surface area contributed by atoms with Crippen LogP contribution in [-0.4, -0.2) is 24.1 Å². The summed E-state index contributed by atoms with van der Waals surface area (Å²) in [5.74, 6) is 1.41. The van der Waals surface area contributed by atoms with Crippen LogP contribution in [0.1, 0.15) is 55.5 Å². The summed E-state index contributed by atoms with van der Waals surface area (Å²) < 4.78 is 4.61. The zero-order chi connectivity index (χ0) is 52.6. The van der Waals surface area contributed by atoms with E-state index < -0.39 is 0 Å². The third kappa shape index (κ3) is 6.34. The van der Waals surface area contributed by atoms with Crippen LogP contribution in [0.2, 0.25) is 0 Å². The number of fused-ring (bicyclic) bond motifs is 14. The van der Waals surface area contributed by atoms with Gasteiger partial charge >= 0.3 is 0 Å². The smallest absolute Gasteiger partial charge is 0.194 e. The van der Waals surface area contributed by atoms with Crippen LogP contribution in [-0.2, 0) is 10.8 Å². The van der Waals surface area contributed by atoms with Crippen molar-refractivity contribution in [2.45, 2.75) is 38.5 Å². The van der Waals surface area contributed by atoms with Crippen molar-refractivity contribution in [3.05, 3.63) is 252 Å². The van der Waals surface area contributed by atoms with Gasteiger partial charge in [-0.15, -0.1) is 0 Å². The number of para-hydroxylation sites is 3. The lowest BCUT2D eigenvalue weighted by Crippen LogP contribution is -2.15. The number of nitriles is 1. The van der Waals surface area contributed by atoms with Gasteiger partial charge in [0.05, 0.1) is 45.6 Å². The van der Waals surface area contributed by atoms with E-state index in [4.69, 9.17) is 21.5 Å². The molecule has 0 spiro atoms. The molecule has 0 saturated carbocycles. The summed E-state index contributed by atoms with van der Waals surface area (Å²) in [6, 6.07) is 76.5. The molecule has 0 radical (unpaired) electrons. The van der Waals surface area contributed by atoms with Crippen LogP contribution in [0.3, 0.4) is 0 Å². The van der Waals surface area contributed by atoms with Crippen LogP contribution in [0.25, 0.3) is 127 Å². The lowest BCUT2D eigenvalue weighted by atomic mass is 9.80. The van der Waals surface area contributed by atoms with Crippen molar-refractivity contribution < 1.29 is 0 Å². The van der Waals surface area contributed by atoms with Gasteiger partial charge in [-0.1, -0.05) is 179 Å². The van der Waals surface area contributed by atoms with E-state index in [-0.39, 0.29) is 10.8 Å². The van der Waals surface area contributed by atoms with E-state index in [1.54, 1.807) is 0 Å².